The van der Waals surface area contributed by atoms with E-state index in [1.165, 1.54) is 11.1 Å². The second kappa shape index (κ2) is 4.21. The van der Waals surface area contributed by atoms with Gasteiger partial charge in [-0.15, -0.1) is 11.3 Å². The largest absolute Gasteiger partial charge is 0.213 e. The molecule has 3 nitrogen and oxygen atoms in total. The van der Waals surface area contributed by atoms with Crippen LogP contribution in [0.2, 0.25) is 0 Å². The lowest BCUT2D eigenvalue weighted by molar-refractivity contribution is 0.566. The molecule has 0 saturated carbocycles. The molecule has 0 radical (unpaired) electrons. The summed E-state index contributed by atoms with van der Waals surface area (Å²) in [6.45, 7) is 1.86. The Bertz CT molecular complexity index is 342. The molecule has 0 amide bonds. The van der Waals surface area contributed by atoms with Crippen LogP contribution in [-0.2, 0) is 16.4 Å². The first kappa shape index (κ1) is 10.7. The molecule has 1 rings (SSSR count). The minimum Gasteiger partial charge on any atom is -0.213 e. The first-order valence-electron chi connectivity index (χ1n) is 3.97. The monoisotopic (exact) mass is 219 g/mol. The quantitative estimate of drug-likeness (QED) is 0.828. The molecule has 1 N–H and O–H groups in total. The van der Waals surface area contributed by atoms with Gasteiger partial charge in [-0.2, -0.15) is 0 Å². The van der Waals surface area contributed by atoms with Gasteiger partial charge in [-0.25, -0.2) is 13.1 Å². The van der Waals surface area contributed by atoms with Crippen molar-refractivity contribution in [3.63, 3.8) is 0 Å². The van der Waals surface area contributed by atoms with Crippen molar-refractivity contribution in [2.45, 2.75) is 19.4 Å². The SMILES string of the molecule is C[C@H](Cc1cccs1)NS(C)(=O)=O. The zero-order chi connectivity index (χ0) is 9.90. The predicted octanol–water partition coefficient (Wildman–Crippen LogP) is 1.23. The molecule has 0 aliphatic heterocycles. The Balaban J connectivity index is 2.47. The predicted molar refractivity (Wildman–Crippen MR) is 55.5 cm³/mol. The lowest BCUT2D eigenvalue weighted by Crippen LogP contribution is -2.32. The molecule has 0 aliphatic carbocycles. The fraction of sp³-hybridized carbons (Fsp3) is 0.500. The van der Waals surface area contributed by atoms with Crippen LogP contribution in [0.1, 0.15) is 11.8 Å². The molecule has 74 valence electrons. The molecule has 0 aliphatic rings. The zero-order valence-electron chi connectivity index (χ0n) is 7.65. The fourth-order valence-electron chi connectivity index (χ4n) is 1.14. The van der Waals surface area contributed by atoms with Crippen LogP contribution >= 0.6 is 11.3 Å². The molecule has 0 saturated heterocycles. The van der Waals surface area contributed by atoms with Gasteiger partial charge in [-0.1, -0.05) is 6.07 Å². The Labute approximate surface area is 82.8 Å². The Morgan fingerprint density at radius 1 is 1.62 bits per heavy atom. The van der Waals surface area contributed by atoms with Gasteiger partial charge in [0.25, 0.3) is 0 Å². The molecule has 0 aromatic carbocycles. The molecule has 1 heterocycles. The van der Waals surface area contributed by atoms with Gasteiger partial charge in [-0.05, 0) is 24.8 Å². The van der Waals surface area contributed by atoms with Crippen LogP contribution in [0.15, 0.2) is 17.5 Å². The number of thiophene rings is 1. The molecule has 0 spiro atoms. The highest BCUT2D eigenvalue weighted by Gasteiger charge is 2.09. The summed E-state index contributed by atoms with van der Waals surface area (Å²) in [4.78, 5) is 1.20. The molecule has 5 heteroatoms. The van der Waals surface area contributed by atoms with E-state index < -0.39 is 10.0 Å². The van der Waals surface area contributed by atoms with E-state index in [9.17, 15) is 8.42 Å². The van der Waals surface area contributed by atoms with Gasteiger partial charge in [-0.3, -0.25) is 0 Å². The molecule has 1 atom stereocenters. The maximum absolute atomic E-state index is 10.9. The van der Waals surface area contributed by atoms with Crippen molar-refractivity contribution < 1.29 is 8.42 Å². The number of hydrogen-bond donors (Lipinski definition) is 1. The van der Waals surface area contributed by atoms with E-state index in [1.54, 1.807) is 11.3 Å². The van der Waals surface area contributed by atoms with Crippen molar-refractivity contribution in [3.8, 4) is 0 Å². The third-order valence-corrected chi connectivity index (χ3v) is 3.23. The number of sulfonamides is 1. The number of hydrogen-bond acceptors (Lipinski definition) is 3. The summed E-state index contributed by atoms with van der Waals surface area (Å²) in [5.41, 5.74) is 0. The maximum Gasteiger partial charge on any atom is 0.208 e. The van der Waals surface area contributed by atoms with Gasteiger partial charge in [0.2, 0.25) is 10.0 Å². The summed E-state index contributed by atoms with van der Waals surface area (Å²) in [6.07, 6.45) is 1.93. The van der Waals surface area contributed by atoms with E-state index in [2.05, 4.69) is 4.72 Å². The average molecular weight is 219 g/mol. The Morgan fingerprint density at radius 2 is 2.31 bits per heavy atom. The van der Waals surface area contributed by atoms with Gasteiger partial charge in [0.1, 0.15) is 0 Å². The fourth-order valence-corrected chi connectivity index (χ4v) is 2.79. The molecule has 0 bridgehead atoms. The molecule has 1 aromatic heterocycles. The average Bonchev–Trinajstić information content (AvgIpc) is 2.34. The standard InChI is InChI=1S/C8H13NO2S2/c1-7(9-13(2,10)11)6-8-4-3-5-12-8/h3-5,7,9H,6H2,1-2H3/t7-/m1/s1. The second-order valence-corrected chi connectivity index (χ2v) is 5.89. The Morgan fingerprint density at radius 3 is 2.77 bits per heavy atom. The van der Waals surface area contributed by atoms with Crippen LogP contribution in [0.4, 0.5) is 0 Å². The first-order valence-corrected chi connectivity index (χ1v) is 6.74. The zero-order valence-corrected chi connectivity index (χ0v) is 9.28. The minimum absolute atomic E-state index is 0.0337. The van der Waals surface area contributed by atoms with Crippen LogP contribution in [-0.4, -0.2) is 20.7 Å². The summed E-state index contributed by atoms with van der Waals surface area (Å²) in [6, 6.07) is 3.94. The number of rotatable bonds is 4. The van der Waals surface area contributed by atoms with E-state index in [0.717, 1.165) is 6.42 Å². The summed E-state index contributed by atoms with van der Waals surface area (Å²) in [5, 5.41) is 1.99. The van der Waals surface area contributed by atoms with Gasteiger partial charge in [0.05, 0.1) is 6.26 Å². The number of nitrogens with one attached hydrogen (secondary N) is 1. The topological polar surface area (TPSA) is 46.2 Å². The van der Waals surface area contributed by atoms with Gasteiger partial charge >= 0.3 is 0 Å². The van der Waals surface area contributed by atoms with Crippen molar-refractivity contribution in [3.05, 3.63) is 22.4 Å². The normalized spacial score (nSPS) is 14.3. The van der Waals surface area contributed by atoms with Crippen molar-refractivity contribution in [1.29, 1.82) is 0 Å². The highest BCUT2D eigenvalue weighted by atomic mass is 32.2. The van der Waals surface area contributed by atoms with Crippen molar-refractivity contribution in [1.82, 2.24) is 4.72 Å². The summed E-state index contributed by atoms with van der Waals surface area (Å²) >= 11 is 1.64. The van der Waals surface area contributed by atoms with E-state index in [-0.39, 0.29) is 6.04 Å². The van der Waals surface area contributed by atoms with Gasteiger partial charge in [0, 0.05) is 10.9 Å². The third-order valence-electron chi connectivity index (χ3n) is 1.50. The van der Waals surface area contributed by atoms with Crippen LogP contribution in [0.5, 0.6) is 0 Å². The van der Waals surface area contributed by atoms with E-state index in [1.807, 2.05) is 24.4 Å². The Hall–Kier alpha value is -0.390. The minimum atomic E-state index is -3.07. The second-order valence-electron chi connectivity index (χ2n) is 3.07. The van der Waals surface area contributed by atoms with Crippen LogP contribution in [0, 0.1) is 0 Å². The van der Waals surface area contributed by atoms with Gasteiger partial charge in [0.15, 0.2) is 0 Å². The van der Waals surface area contributed by atoms with Crippen LogP contribution in [0.3, 0.4) is 0 Å². The maximum atomic E-state index is 10.9. The van der Waals surface area contributed by atoms with E-state index in [4.69, 9.17) is 0 Å². The Kier molecular flexibility index (Phi) is 3.47. The molecule has 1 aromatic rings. The lowest BCUT2D eigenvalue weighted by atomic mass is 10.2. The first-order chi connectivity index (χ1) is 5.97. The molecule has 0 fully saturated rings. The van der Waals surface area contributed by atoms with E-state index >= 15 is 0 Å². The summed E-state index contributed by atoms with van der Waals surface area (Å²) in [7, 11) is -3.07. The van der Waals surface area contributed by atoms with Crippen molar-refractivity contribution >= 4 is 21.4 Å². The lowest BCUT2D eigenvalue weighted by Gasteiger charge is -2.10. The van der Waals surface area contributed by atoms with Gasteiger partial charge < -0.3 is 0 Å². The molecule has 13 heavy (non-hydrogen) atoms. The van der Waals surface area contributed by atoms with Crippen LogP contribution in [0.25, 0.3) is 0 Å². The third kappa shape index (κ3) is 4.40. The van der Waals surface area contributed by atoms with E-state index in [0.29, 0.717) is 0 Å². The molecular weight excluding hydrogens is 206 g/mol. The van der Waals surface area contributed by atoms with Crippen LogP contribution < -0.4 is 4.72 Å². The smallest absolute Gasteiger partial charge is 0.208 e. The van der Waals surface area contributed by atoms with Crippen molar-refractivity contribution in [2.75, 3.05) is 6.26 Å². The highest BCUT2D eigenvalue weighted by molar-refractivity contribution is 7.88. The molecular formula is C8H13NO2S2. The van der Waals surface area contributed by atoms with Crippen molar-refractivity contribution in [2.24, 2.45) is 0 Å². The molecule has 0 unspecified atom stereocenters. The highest BCUT2D eigenvalue weighted by Crippen LogP contribution is 2.10. The summed E-state index contributed by atoms with van der Waals surface area (Å²) < 4.78 is 24.3. The summed E-state index contributed by atoms with van der Waals surface area (Å²) in [5.74, 6) is 0.